The lowest BCUT2D eigenvalue weighted by atomic mass is 10.1. The quantitative estimate of drug-likeness (QED) is 0.450. The van der Waals surface area contributed by atoms with Crippen LogP contribution in [0.15, 0.2) is 30.5 Å². The van der Waals surface area contributed by atoms with Crippen LogP contribution in [0.2, 0.25) is 0 Å². The summed E-state index contributed by atoms with van der Waals surface area (Å²) >= 11 is 0. The average Bonchev–Trinajstić information content (AvgIpc) is 2.95. The summed E-state index contributed by atoms with van der Waals surface area (Å²) in [6, 6.07) is 7.69. The standard InChI is InChI=1S/C15H14F3N5O/c16-15(17,18)12-11(13(24)23-19)7-20-14(22-12)21-10-5-8-3-1-2-4-9(8)6-10/h1-4,7,10H,5-6,19H2,(H,23,24)(H,20,21,22). The third-order valence-corrected chi connectivity index (χ3v) is 3.82. The maximum atomic E-state index is 13.1. The van der Waals surface area contributed by atoms with Crippen LogP contribution in [0, 0.1) is 0 Å². The molecule has 24 heavy (non-hydrogen) atoms. The molecular formula is C15H14F3N5O. The van der Waals surface area contributed by atoms with E-state index in [1.54, 1.807) is 5.43 Å². The number of hydrogen-bond donors (Lipinski definition) is 3. The van der Waals surface area contributed by atoms with Gasteiger partial charge < -0.3 is 5.32 Å². The van der Waals surface area contributed by atoms with Gasteiger partial charge in [0.15, 0.2) is 5.69 Å². The van der Waals surface area contributed by atoms with Gasteiger partial charge >= 0.3 is 6.18 Å². The van der Waals surface area contributed by atoms with E-state index in [0.717, 1.165) is 17.3 Å². The molecule has 1 aliphatic carbocycles. The van der Waals surface area contributed by atoms with E-state index < -0.39 is 23.3 Å². The van der Waals surface area contributed by atoms with Crippen LogP contribution in [0.25, 0.3) is 0 Å². The van der Waals surface area contributed by atoms with E-state index in [4.69, 9.17) is 5.84 Å². The second-order valence-corrected chi connectivity index (χ2v) is 5.45. The third-order valence-electron chi connectivity index (χ3n) is 3.82. The fraction of sp³-hybridized carbons (Fsp3) is 0.267. The number of amides is 1. The lowest BCUT2D eigenvalue weighted by Crippen LogP contribution is -2.33. The number of aromatic nitrogens is 2. The summed E-state index contributed by atoms with van der Waals surface area (Å²) in [6.07, 6.45) is -2.62. The first-order chi connectivity index (χ1) is 11.4. The zero-order chi connectivity index (χ0) is 17.3. The molecule has 3 rings (SSSR count). The number of nitrogens with one attached hydrogen (secondary N) is 2. The number of benzene rings is 1. The number of hydrogen-bond acceptors (Lipinski definition) is 5. The summed E-state index contributed by atoms with van der Waals surface area (Å²) < 4.78 is 39.3. The first kappa shape index (κ1) is 16.2. The van der Waals surface area contributed by atoms with Crippen LogP contribution in [-0.2, 0) is 19.0 Å². The molecule has 0 spiro atoms. The Morgan fingerprint density at radius 2 is 1.83 bits per heavy atom. The molecule has 0 fully saturated rings. The molecule has 1 heterocycles. The van der Waals surface area contributed by atoms with Gasteiger partial charge in [0.2, 0.25) is 5.95 Å². The fourth-order valence-corrected chi connectivity index (χ4v) is 2.75. The average molecular weight is 337 g/mol. The highest BCUT2D eigenvalue weighted by Gasteiger charge is 2.38. The predicted molar refractivity (Wildman–Crippen MR) is 79.9 cm³/mol. The number of alkyl halides is 3. The van der Waals surface area contributed by atoms with Crippen molar-refractivity contribution >= 4 is 11.9 Å². The van der Waals surface area contributed by atoms with E-state index in [1.807, 2.05) is 24.3 Å². The van der Waals surface area contributed by atoms with Crippen molar-refractivity contribution in [2.45, 2.75) is 25.1 Å². The molecule has 0 saturated carbocycles. The number of rotatable bonds is 3. The molecule has 2 aromatic rings. The van der Waals surface area contributed by atoms with Gasteiger partial charge in [-0.25, -0.2) is 15.8 Å². The summed E-state index contributed by atoms with van der Waals surface area (Å²) in [5.41, 5.74) is 1.91. The van der Waals surface area contributed by atoms with Crippen molar-refractivity contribution < 1.29 is 18.0 Å². The van der Waals surface area contributed by atoms with E-state index in [9.17, 15) is 18.0 Å². The van der Waals surface area contributed by atoms with E-state index in [2.05, 4.69) is 15.3 Å². The smallest absolute Gasteiger partial charge is 0.351 e. The van der Waals surface area contributed by atoms with Crippen LogP contribution in [0.4, 0.5) is 19.1 Å². The van der Waals surface area contributed by atoms with Crippen LogP contribution in [-0.4, -0.2) is 21.9 Å². The SMILES string of the molecule is NNC(=O)c1cnc(NC2Cc3ccccc3C2)nc1C(F)(F)F. The number of fused-ring (bicyclic) bond motifs is 1. The number of nitrogen functional groups attached to an aromatic ring is 1. The third kappa shape index (κ3) is 3.16. The van der Waals surface area contributed by atoms with Gasteiger partial charge in [0, 0.05) is 12.2 Å². The molecule has 0 bridgehead atoms. The van der Waals surface area contributed by atoms with E-state index in [1.165, 1.54) is 0 Å². The molecule has 1 aliphatic rings. The molecule has 126 valence electrons. The summed E-state index contributed by atoms with van der Waals surface area (Å²) in [5.74, 6) is 3.63. The highest BCUT2D eigenvalue weighted by atomic mass is 19.4. The number of hydrazine groups is 1. The Kier molecular flexibility index (Phi) is 4.10. The summed E-state index contributed by atoms with van der Waals surface area (Å²) in [5, 5.41) is 2.90. The fourth-order valence-electron chi connectivity index (χ4n) is 2.75. The molecule has 0 radical (unpaired) electrons. The molecule has 4 N–H and O–H groups in total. The molecular weight excluding hydrogens is 323 g/mol. The highest BCUT2D eigenvalue weighted by Crippen LogP contribution is 2.31. The molecule has 0 saturated heterocycles. The van der Waals surface area contributed by atoms with Crippen molar-refractivity contribution in [3.63, 3.8) is 0 Å². The number of nitrogens with zero attached hydrogens (tertiary/aromatic N) is 2. The number of carbonyl (C=O) groups is 1. The normalized spacial score (nSPS) is 14.3. The summed E-state index contributed by atoms with van der Waals surface area (Å²) in [4.78, 5) is 18.7. The molecule has 1 aromatic carbocycles. The zero-order valence-electron chi connectivity index (χ0n) is 12.4. The van der Waals surface area contributed by atoms with Crippen LogP contribution in [0.3, 0.4) is 0 Å². The Labute approximate surface area is 135 Å². The van der Waals surface area contributed by atoms with Gasteiger partial charge in [-0.3, -0.25) is 10.2 Å². The minimum atomic E-state index is -4.79. The molecule has 9 heteroatoms. The van der Waals surface area contributed by atoms with Gasteiger partial charge in [0.25, 0.3) is 5.91 Å². The lowest BCUT2D eigenvalue weighted by molar-refractivity contribution is -0.141. The van der Waals surface area contributed by atoms with Crippen LogP contribution < -0.4 is 16.6 Å². The van der Waals surface area contributed by atoms with Crippen molar-refractivity contribution in [2.75, 3.05) is 5.32 Å². The van der Waals surface area contributed by atoms with Crippen molar-refractivity contribution in [1.29, 1.82) is 0 Å². The largest absolute Gasteiger partial charge is 0.434 e. The summed E-state index contributed by atoms with van der Waals surface area (Å²) in [7, 11) is 0. The maximum Gasteiger partial charge on any atom is 0.434 e. The number of halogens is 3. The highest BCUT2D eigenvalue weighted by molar-refractivity contribution is 5.94. The van der Waals surface area contributed by atoms with Gasteiger partial charge in [-0.15, -0.1) is 0 Å². The van der Waals surface area contributed by atoms with Gasteiger partial charge in [-0.1, -0.05) is 24.3 Å². The molecule has 0 unspecified atom stereocenters. The van der Waals surface area contributed by atoms with Crippen LogP contribution in [0.1, 0.15) is 27.2 Å². The van der Waals surface area contributed by atoms with Gasteiger partial charge in [-0.05, 0) is 24.0 Å². The number of nitrogens with two attached hydrogens (primary N) is 1. The second-order valence-electron chi connectivity index (χ2n) is 5.45. The zero-order valence-corrected chi connectivity index (χ0v) is 12.4. The minimum absolute atomic E-state index is 0.0994. The molecule has 6 nitrogen and oxygen atoms in total. The second kappa shape index (κ2) is 6.08. The monoisotopic (exact) mass is 337 g/mol. The maximum absolute atomic E-state index is 13.1. The van der Waals surface area contributed by atoms with E-state index >= 15 is 0 Å². The Bertz CT molecular complexity index is 753. The Morgan fingerprint density at radius 3 is 2.38 bits per heavy atom. The number of anilines is 1. The van der Waals surface area contributed by atoms with Crippen LogP contribution in [0.5, 0.6) is 0 Å². The first-order valence-electron chi connectivity index (χ1n) is 7.17. The van der Waals surface area contributed by atoms with Gasteiger partial charge in [0.05, 0.1) is 5.56 Å². The minimum Gasteiger partial charge on any atom is -0.351 e. The van der Waals surface area contributed by atoms with E-state index in [-0.39, 0.29) is 12.0 Å². The molecule has 0 atom stereocenters. The molecule has 0 aliphatic heterocycles. The van der Waals surface area contributed by atoms with Crippen LogP contribution >= 0.6 is 0 Å². The van der Waals surface area contributed by atoms with Crippen molar-refractivity contribution in [2.24, 2.45) is 5.84 Å². The van der Waals surface area contributed by atoms with Crippen molar-refractivity contribution in [3.05, 3.63) is 52.8 Å². The van der Waals surface area contributed by atoms with Crippen molar-refractivity contribution in [3.8, 4) is 0 Å². The first-order valence-corrected chi connectivity index (χ1v) is 7.17. The number of carbonyl (C=O) groups excluding carboxylic acids is 1. The predicted octanol–water partition coefficient (Wildman–Crippen LogP) is 1.68. The lowest BCUT2D eigenvalue weighted by Gasteiger charge is -2.15. The topological polar surface area (TPSA) is 92.9 Å². The summed E-state index contributed by atoms with van der Waals surface area (Å²) in [6.45, 7) is 0. The Morgan fingerprint density at radius 1 is 1.21 bits per heavy atom. The molecule has 1 amide bonds. The van der Waals surface area contributed by atoms with E-state index in [0.29, 0.717) is 12.8 Å². The van der Waals surface area contributed by atoms with Crippen molar-refractivity contribution in [1.82, 2.24) is 15.4 Å². The molecule has 1 aromatic heterocycles. The Hall–Kier alpha value is -2.68. The van der Waals surface area contributed by atoms with Gasteiger partial charge in [-0.2, -0.15) is 13.2 Å². The van der Waals surface area contributed by atoms with Gasteiger partial charge in [0.1, 0.15) is 0 Å². The Balaban J connectivity index is 1.84.